The number of amides is 1. The van der Waals surface area contributed by atoms with E-state index in [9.17, 15) is 13.6 Å². The first-order valence-electron chi connectivity index (χ1n) is 10.1. The number of nitrogens with one attached hydrogen (secondary N) is 1. The molecule has 1 N–H and O–H groups in total. The molecule has 4 aromatic rings. The van der Waals surface area contributed by atoms with Gasteiger partial charge in [0.25, 0.3) is 5.91 Å². The van der Waals surface area contributed by atoms with Gasteiger partial charge in [0.05, 0.1) is 12.3 Å². The molecular weight excluding hydrogens is 430 g/mol. The first kappa shape index (κ1) is 22.1. The zero-order chi connectivity index (χ0) is 23.2. The standard InChI is InChI=1S/C24H20F2N4O3/c1-32-11-12-33-24-28-22(16-5-2-7-18(25)13-16)30(29-24)21-10-4-9-20(15-21)27-23(31)17-6-3-8-19(26)14-17/h2-10,13-15H,11-12H2,1H3,(H,27,31). The van der Waals surface area contributed by atoms with Gasteiger partial charge in [0.2, 0.25) is 0 Å². The molecule has 4 rings (SSSR count). The number of methoxy groups -OCH3 is 1. The maximum Gasteiger partial charge on any atom is 0.336 e. The van der Waals surface area contributed by atoms with Crippen molar-refractivity contribution in [1.29, 1.82) is 0 Å². The molecule has 0 bridgehead atoms. The summed E-state index contributed by atoms with van der Waals surface area (Å²) in [5.41, 5.74) is 1.71. The van der Waals surface area contributed by atoms with Crippen LogP contribution in [0.4, 0.5) is 14.5 Å². The Morgan fingerprint density at radius 3 is 2.48 bits per heavy atom. The summed E-state index contributed by atoms with van der Waals surface area (Å²) in [5.74, 6) is -1.02. The van der Waals surface area contributed by atoms with Gasteiger partial charge in [-0.15, -0.1) is 5.10 Å². The topological polar surface area (TPSA) is 78.3 Å². The van der Waals surface area contributed by atoms with Crippen molar-refractivity contribution in [2.45, 2.75) is 0 Å². The van der Waals surface area contributed by atoms with E-state index in [1.165, 1.54) is 35.0 Å². The summed E-state index contributed by atoms with van der Waals surface area (Å²) in [6.07, 6.45) is 0. The van der Waals surface area contributed by atoms with Crippen molar-refractivity contribution in [1.82, 2.24) is 14.8 Å². The number of benzene rings is 3. The highest BCUT2D eigenvalue weighted by Gasteiger charge is 2.16. The second kappa shape index (κ2) is 10.0. The lowest BCUT2D eigenvalue weighted by atomic mass is 10.2. The number of ether oxygens (including phenoxy) is 2. The van der Waals surface area contributed by atoms with Crippen LogP contribution in [0.2, 0.25) is 0 Å². The Balaban J connectivity index is 1.67. The Labute approximate surface area is 188 Å². The molecule has 9 heteroatoms. The van der Waals surface area contributed by atoms with Gasteiger partial charge >= 0.3 is 6.01 Å². The predicted octanol–water partition coefficient (Wildman–Crippen LogP) is 4.49. The molecule has 0 saturated heterocycles. The molecule has 7 nitrogen and oxygen atoms in total. The number of aromatic nitrogens is 3. The Morgan fingerprint density at radius 2 is 1.73 bits per heavy atom. The summed E-state index contributed by atoms with van der Waals surface area (Å²) in [7, 11) is 1.55. The van der Waals surface area contributed by atoms with Gasteiger partial charge in [-0.05, 0) is 48.5 Å². The lowest BCUT2D eigenvalue weighted by Gasteiger charge is -2.09. The van der Waals surface area contributed by atoms with Crippen molar-refractivity contribution in [2.24, 2.45) is 0 Å². The van der Waals surface area contributed by atoms with E-state index in [4.69, 9.17) is 9.47 Å². The smallest absolute Gasteiger partial charge is 0.336 e. The molecule has 3 aromatic carbocycles. The number of halogens is 2. The third-order valence-electron chi connectivity index (χ3n) is 4.62. The van der Waals surface area contributed by atoms with Gasteiger partial charge < -0.3 is 14.8 Å². The Morgan fingerprint density at radius 1 is 0.970 bits per heavy atom. The largest absolute Gasteiger partial charge is 0.460 e. The second-order valence-corrected chi connectivity index (χ2v) is 7.00. The third kappa shape index (κ3) is 5.39. The van der Waals surface area contributed by atoms with Crippen LogP contribution in [0.15, 0.2) is 72.8 Å². The summed E-state index contributed by atoms with van der Waals surface area (Å²) in [4.78, 5) is 16.9. The summed E-state index contributed by atoms with van der Waals surface area (Å²) >= 11 is 0. The average molecular weight is 450 g/mol. The number of nitrogens with zero attached hydrogens (tertiary/aromatic N) is 3. The van der Waals surface area contributed by atoms with Crippen LogP contribution in [0, 0.1) is 11.6 Å². The minimum atomic E-state index is -0.500. The van der Waals surface area contributed by atoms with Crippen LogP contribution in [0.1, 0.15) is 10.4 Å². The maximum atomic E-state index is 13.9. The van der Waals surface area contributed by atoms with Gasteiger partial charge in [-0.2, -0.15) is 4.98 Å². The lowest BCUT2D eigenvalue weighted by Crippen LogP contribution is -2.12. The molecule has 0 atom stereocenters. The first-order valence-corrected chi connectivity index (χ1v) is 10.1. The third-order valence-corrected chi connectivity index (χ3v) is 4.62. The van der Waals surface area contributed by atoms with Crippen LogP contribution in [-0.4, -0.2) is 41.0 Å². The summed E-state index contributed by atoms with van der Waals surface area (Å²) < 4.78 is 39.3. The molecule has 0 saturated carbocycles. The first-order chi connectivity index (χ1) is 16.0. The number of carbonyl (C=O) groups is 1. The fourth-order valence-corrected chi connectivity index (χ4v) is 3.11. The fraction of sp³-hybridized carbons (Fsp3) is 0.125. The van der Waals surface area contributed by atoms with Crippen LogP contribution < -0.4 is 10.1 Å². The molecule has 0 aliphatic carbocycles. The number of rotatable bonds is 8. The minimum Gasteiger partial charge on any atom is -0.460 e. The molecule has 0 radical (unpaired) electrons. The summed E-state index contributed by atoms with van der Waals surface area (Å²) in [5, 5.41) is 7.13. The van der Waals surface area contributed by atoms with Crippen molar-refractivity contribution >= 4 is 11.6 Å². The van der Waals surface area contributed by atoms with Crippen LogP contribution in [0.5, 0.6) is 6.01 Å². The highest BCUT2D eigenvalue weighted by molar-refractivity contribution is 6.04. The fourth-order valence-electron chi connectivity index (χ4n) is 3.11. The SMILES string of the molecule is COCCOc1nc(-c2cccc(F)c2)n(-c2cccc(NC(=O)c3cccc(F)c3)c2)n1. The average Bonchev–Trinajstić information content (AvgIpc) is 3.24. The van der Waals surface area contributed by atoms with Gasteiger partial charge in [-0.25, -0.2) is 13.5 Å². The van der Waals surface area contributed by atoms with E-state index in [0.29, 0.717) is 29.4 Å². The van der Waals surface area contributed by atoms with Crippen molar-refractivity contribution < 1.29 is 23.0 Å². The molecule has 1 heterocycles. The molecule has 1 aromatic heterocycles. The molecule has 0 aliphatic heterocycles. The normalized spacial score (nSPS) is 10.8. The number of hydrogen-bond donors (Lipinski definition) is 1. The quantitative estimate of drug-likeness (QED) is 0.400. The zero-order valence-electron chi connectivity index (χ0n) is 17.7. The van der Waals surface area contributed by atoms with E-state index in [-0.39, 0.29) is 18.2 Å². The highest BCUT2D eigenvalue weighted by Crippen LogP contribution is 2.25. The predicted molar refractivity (Wildman–Crippen MR) is 118 cm³/mol. The molecule has 33 heavy (non-hydrogen) atoms. The highest BCUT2D eigenvalue weighted by atomic mass is 19.1. The van der Waals surface area contributed by atoms with E-state index >= 15 is 0 Å². The molecule has 1 amide bonds. The molecule has 0 spiro atoms. The van der Waals surface area contributed by atoms with Gasteiger partial charge in [0.15, 0.2) is 5.82 Å². The second-order valence-electron chi connectivity index (χ2n) is 7.00. The van der Waals surface area contributed by atoms with Crippen LogP contribution in [-0.2, 0) is 4.74 Å². The van der Waals surface area contributed by atoms with Crippen molar-refractivity contribution in [2.75, 3.05) is 25.6 Å². The summed E-state index contributed by atoms with van der Waals surface area (Å²) in [6, 6.07) is 18.3. The molecule has 168 valence electrons. The van der Waals surface area contributed by atoms with Crippen LogP contribution >= 0.6 is 0 Å². The van der Waals surface area contributed by atoms with E-state index in [1.54, 1.807) is 43.5 Å². The van der Waals surface area contributed by atoms with E-state index in [1.807, 2.05) is 0 Å². The molecule has 0 fully saturated rings. The zero-order valence-corrected chi connectivity index (χ0v) is 17.7. The maximum absolute atomic E-state index is 13.9. The van der Waals surface area contributed by atoms with E-state index in [2.05, 4.69) is 15.4 Å². The molecule has 0 aliphatic rings. The lowest BCUT2D eigenvalue weighted by molar-refractivity contribution is 0.102. The molecular formula is C24H20F2N4O3. The van der Waals surface area contributed by atoms with Crippen LogP contribution in [0.3, 0.4) is 0 Å². The summed E-state index contributed by atoms with van der Waals surface area (Å²) in [6.45, 7) is 0.596. The van der Waals surface area contributed by atoms with Gasteiger partial charge in [0.1, 0.15) is 18.2 Å². The van der Waals surface area contributed by atoms with Crippen molar-refractivity contribution in [3.8, 4) is 23.1 Å². The van der Waals surface area contributed by atoms with E-state index in [0.717, 1.165) is 6.07 Å². The molecule has 0 unspecified atom stereocenters. The van der Waals surface area contributed by atoms with Gasteiger partial charge in [-0.1, -0.05) is 24.3 Å². The Kier molecular flexibility index (Phi) is 6.70. The van der Waals surface area contributed by atoms with Crippen LogP contribution in [0.25, 0.3) is 17.1 Å². The van der Waals surface area contributed by atoms with Gasteiger partial charge in [-0.3, -0.25) is 4.79 Å². The van der Waals surface area contributed by atoms with Crippen molar-refractivity contribution in [3.05, 3.63) is 90.0 Å². The Hall–Kier alpha value is -4.11. The minimum absolute atomic E-state index is 0.0977. The number of hydrogen-bond acceptors (Lipinski definition) is 5. The monoisotopic (exact) mass is 450 g/mol. The number of carbonyl (C=O) groups excluding carboxylic acids is 1. The number of anilines is 1. The van der Waals surface area contributed by atoms with E-state index < -0.39 is 17.5 Å². The Bertz CT molecular complexity index is 1280. The van der Waals surface area contributed by atoms with Gasteiger partial charge in [0, 0.05) is 23.9 Å². The van der Waals surface area contributed by atoms with Crippen molar-refractivity contribution in [3.63, 3.8) is 0 Å².